The lowest BCUT2D eigenvalue weighted by Crippen LogP contribution is -2.67. The van der Waals surface area contributed by atoms with Gasteiger partial charge in [-0.2, -0.15) is 0 Å². The van der Waals surface area contributed by atoms with Crippen molar-refractivity contribution in [1.82, 2.24) is 20.2 Å². The maximum absolute atomic E-state index is 13.4. The first-order valence-corrected chi connectivity index (χ1v) is 13.6. The normalized spacial score (nSPS) is 51.7. The van der Waals surface area contributed by atoms with Crippen molar-refractivity contribution in [3.05, 3.63) is 5.82 Å². The van der Waals surface area contributed by atoms with E-state index in [9.17, 15) is 4.79 Å². The first kappa shape index (κ1) is 21.7. The molecule has 1 spiro atoms. The zero-order chi connectivity index (χ0) is 22.5. The quantitative estimate of drug-likeness (QED) is 0.548. The van der Waals surface area contributed by atoms with Gasteiger partial charge < -0.3 is 4.74 Å². The molecule has 0 radical (unpaired) electrons. The molecular weight excluding hydrogens is 468 g/mol. The van der Waals surface area contributed by atoms with Gasteiger partial charge >= 0.3 is 0 Å². The second-order valence-corrected chi connectivity index (χ2v) is 13.6. The van der Waals surface area contributed by atoms with E-state index in [1.54, 1.807) is 4.68 Å². The van der Waals surface area contributed by atoms with E-state index in [1.807, 2.05) is 6.92 Å². The van der Waals surface area contributed by atoms with Gasteiger partial charge in [0.05, 0.1) is 11.2 Å². The molecule has 1 unspecified atom stereocenters. The highest BCUT2D eigenvalue weighted by Crippen LogP contribution is 2.72. The van der Waals surface area contributed by atoms with Gasteiger partial charge in [-0.1, -0.05) is 29.8 Å². The van der Waals surface area contributed by atoms with Crippen LogP contribution < -0.4 is 0 Å². The van der Waals surface area contributed by atoms with Crippen LogP contribution in [0.15, 0.2) is 0 Å². The Kier molecular flexibility index (Phi) is 4.65. The second-order valence-electron chi connectivity index (χ2n) is 12.5. The van der Waals surface area contributed by atoms with E-state index in [4.69, 9.17) is 4.74 Å². The Hall–Kier alpha value is -0.820. The van der Waals surface area contributed by atoms with Gasteiger partial charge in [0.25, 0.3) is 0 Å². The average molecular weight is 506 g/mol. The van der Waals surface area contributed by atoms with Crippen LogP contribution in [-0.2, 0) is 16.1 Å². The second kappa shape index (κ2) is 6.87. The summed E-state index contributed by atoms with van der Waals surface area (Å²) in [5.41, 5.74) is 0.432. The van der Waals surface area contributed by atoms with Crippen molar-refractivity contribution in [2.45, 2.75) is 108 Å². The number of nitrogens with zero attached hydrogens (tertiary/aromatic N) is 4. The third kappa shape index (κ3) is 2.67. The molecule has 5 fully saturated rings. The van der Waals surface area contributed by atoms with Crippen LogP contribution in [-0.4, -0.2) is 42.0 Å². The fourth-order valence-corrected chi connectivity index (χ4v) is 10.7. The maximum atomic E-state index is 13.4. The number of fused-ring (bicyclic) bond motifs is 5. The number of ketones is 1. The molecule has 2 aliphatic heterocycles. The van der Waals surface area contributed by atoms with E-state index in [1.165, 1.54) is 51.4 Å². The molecule has 1 aromatic heterocycles. The Balaban J connectivity index is 1.28. The van der Waals surface area contributed by atoms with Gasteiger partial charge in [-0.05, 0) is 105 Å². The van der Waals surface area contributed by atoms with Crippen molar-refractivity contribution in [2.75, 3.05) is 0 Å². The molecule has 2 bridgehead atoms. The zero-order valence-corrected chi connectivity index (χ0v) is 21.5. The standard InChI is InChI=1S/C25H37BrN4O2/c1-15-27-28-29-30(15)14-20(31)19-6-5-17-16-13-21(26)25-12-10-22(2,32-25)9-11-24(25,4)18(16)7-8-23(17,19)3/h16-19,21H,5-14H2,1-4H3/t16-,17-,18-,19+,21+,22?,23-,24+,25-/m0/s1. The summed E-state index contributed by atoms with van der Waals surface area (Å²) >= 11 is 4.18. The monoisotopic (exact) mass is 504 g/mol. The third-order valence-electron chi connectivity index (χ3n) is 11.2. The average Bonchev–Trinajstić information content (AvgIpc) is 3.40. The molecule has 9 atom stereocenters. The molecule has 6 nitrogen and oxygen atoms in total. The Morgan fingerprint density at radius 1 is 1.09 bits per heavy atom. The van der Waals surface area contributed by atoms with Crippen LogP contribution in [0.5, 0.6) is 0 Å². The molecular formula is C25H37BrN4O2. The van der Waals surface area contributed by atoms with Crippen LogP contribution >= 0.6 is 15.9 Å². The van der Waals surface area contributed by atoms with E-state index >= 15 is 0 Å². The summed E-state index contributed by atoms with van der Waals surface area (Å²) in [6.07, 6.45) is 10.7. The number of Topliss-reactive ketones (excluding diaryl/α,β-unsaturated/α-hetero) is 1. The van der Waals surface area contributed by atoms with Crippen LogP contribution in [0.1, 0.15) is 84.4 Å². The molecule has 3 aliphatic carbocycles. The van der Waals surface area contributed by atoms with Crippen molar-refractivity contribution in [2.24, 2.45) is 34.5 Å². The van der Waals surface area contributed by atoms with Crippen LogP contribution in [0.2, 0.25) is 0 Å². The number of halogens is 1. The topological polar surface area (TPSA) is 69.9 Å². The summed E-state index contributed by atoms with van der Waals surface area (Å²) in [6, 6.07) is 0. The van der Waals surface area contributed by atoms with E-state index < -0.39 is 0 Å². The number of rotatable bonds is 3. The largest absolute Gasteiger partial charge is 0.367 e. The predicted octanol–water partition coefficient (Wildman–Crippen LogP) is 4.88. The molecule has 3 heterocycles. The summed E-state index contributed by atoms with van der Waals surface area (Å²) in [5, 5.41) is 11.7. The summed E-state index contributed by atoms with van der Waals surface area (Å²) < 4.78 is 8.65. The molecule has 5 aliphatic rings. The summed E-state index contributed by atoms with van der Waals surface area (Å²) in [4.78, 5) is 13.9. The van der Waals surface area contributed by atoms with Gasteiger partial charge in [0, 0.05) is 16.2 Å². The van der Waals surface area contributed by atoms with Crippen LogP contribution in [0.25, 0.3) is 0 Å². The highest BCUT2D eigenvalue weighted by molar-refractivity contribution is 9.09. The van der Waals surface area contributed by atoms with Crippen LogP contribution in [0.3, 0.4) is 0 Å². The van der Waals surface area contributed by atoms with E-state index in [0.29, 0.717) is 34.9 Å². The number of hydrogen-bond donors (Lipinski definition) is 0. The maximum Gasteiger partial charge on any atom is 0.158 e. The number of tetrazole rings is 1. The fourth-order valence-electron chi connectivity index (χ4n) is 9.40. The van der Waals surface area contributed by atoms with Gasteiger partial charge in [0.1, 0.15) is 12.4 Å². The minimum atomic E-state index is 0.000349. The van der Waals surface area contributed by atoms with Gasteiger partial charge in [-0.15, -0.1) is 5.10 Å². The van der Waals surface area contributed by atoms with E-state index in [-0.39, 0.29) is 27.9 Å². The highest BCUT2D eigenvalue weighted by atomic mass is 79.9. The number of aromatic nitrogens is 4. The van der Waals surface area contributed by atoms with Gasteiger partial charge in [0.15, 0.2) is 5.78 Å². The minimum absolute atomic E-state index is 0.000349. The number of ether oxygens (including phenoxy) is 1. The van der Waals surface area contributed by atoms with Crippen molar-refractivity contribution < 1.29 is 9.53 Å². The molecule has 1 aromatic rings. The zero-order valence-electron chi connectivity index (χ0n) is 19.9. The molecule has 3 saturated carbocycles. The lowest BCUT2D eigenvalue weighted by Gasteiger charge is -2.66. The third-order valence-corrected chi connectivity index (χ3v) is 12.4. The Morgan fingerprint density at radius 2 is 1.88 bits per heavy atom. The van der Waals surface area contributed by atoms with Gasteiger partial charge in [-0.25, -0.2) is 4.68 Å². The lowest BCUT2D eigenvalue weighted by atomic mass is 9.44. The molecule has 7 heteroatoms. The number of carbonyl (C=O) groups is 1. The molecule has 176 valence electrons. The first-order chi connectivity index (χ1) is 15.1. The molecule has 6 rings (SSSR count). The van der Waals surface area contributed by atoms with Crippen molar-refractivity contribution in [3.8, 4) is 0 Å². The highest BCUT2D eigenvalue weighted by Gasteiger charge is 2.71. The van der Waals surface area contributed by atoms with E-state index in [2.05, 4.69) is 52.2 Å². The number of carbonyl (C=O) groups excluding carboxylic acids is 1. The van der Waals surface area contributed by atoms with Crippen molar-refractivity contribution in [3.63, 3.8) is 0 Å². The first-order valence-electron chi connectivity index (χ1n) is 12.7. The van der Waals surface area contributed by atoms with Crippen molar-refractivity contribution >= 4 is 21.7 Å². The predicted molar refractivity (Wildman–Crippen MR) is 124 cm³/mol. The number of hydrogen-bond acceptors (Lipinski definition) is 5. The number of alkyl halides is 1. The molecule has 32 heavy (non-hydrogen) atoms. The Bertz CT molecular complexity index is 952. The Morgan fingerprint density at radius 3 is 2.62 bits per heavy atom. The lowest BCUT2D eigenvalue weighted by molar-refractivity contribution is -0.250. The molecule has 0 N–H and O–H groups in total. The summed E-state index contributed by atoms with van der Waals surface area (Å²) in [7, 11) is 0. The van der Waals surface area contributed by atoms with Gasteiger partial charge in [0.2, 0.25) is 0 Å². The smallest absolute Gasteiger partial charge is 0.158 e. The molecule has 0 amide bonds. The number of aryl methyl sites for hydroxylation is 1. The Labute approximate surface area is 199 Å². The molecule has 2 saturated heterocycles. The summed E-state index contributed by atoms with van der Waals surface area (Å²) in [5.74, 6) is 3.21. The molecule has 0 aromatic carbocycles. The summed E-state index contributed by atoms with van der Waals surface area (Å²) in [6.45, 7) is 9.50. The van der Waals surface area contributed by atoms with Crippen LogP contribution in [0.4, 0.5) is 0 Å². The fraction of sp³-hybridized carbons (Fsp3) is 0.920. The minimum Gasteiger partial charge on any atom is -0.367 e. The van der Waals surface area contributed by atoms with Crippen LogP contribution in [0, 0.1) is 41.4 Å². The van der Waals surface area contributed by atoms with Crippen molar-refractivity contribution in [1.29, 1.82) is 0 Å². The van der Waals surface area contributed by atoms with Gasteiger partial charge in [-0.3, -0.25) is 4.79 Å². The SMILES string of the molecule is Cc1nnnn1CC(=O)[C@H]1CC[C@H]2[C@@H]3C[C@@H](Br)[C@@]45CCC(C)(CC[C@]4(C)[C@H]3CC[C@]12C)O5. The van der Waals surface area contributed by atoms with E-state index in [0.717, 1.165) is 12.2 Å².